The lowest BCUT2D eigenvalue weighted by molar-refractivity contribution is -0.117. The number of amides is 1. The van der Waals surface area contributed by atoms with E-state index in [2.05, 4.69) is 10.4 Å². The maximum atomic E-state index is 13.0. The van der Waals surface area contributed by atoms with Crippen molar-refractivity contribution in [3.63, 3.8) is 0 Å². The summed E-state index contributed by atoms with van der Waals surface area (Å²) >= 11 is 0. The van der Waals surface area contributed by atoms with Gasteiger partial charge in [-0.2, -0.15) is 5.10 Å². The third kappa shape index (κ3) is 4.91. The van der Waals surface area contributed by atoms with Crippen molar-refractivity contribution in [1.82, 2.24) is 9.78 Å². The number of carbonyl (C=O) groups is 1. The van der Waals surface area contributed by atoms with Gasteiger partial charge in [-0.25, -0.2) is 13.1 Å². The van der Waals surface area contributed by atoms with Crippen LogP contribution in [0.4, 0.5) is 5.69 Å². The van der Waals surface area contributed by atoms with E-state index in [0.29, 0.717) is 5.69 Å². The summed E-state index contributed by atoms with van der Waals surface area (Å²) in [5.74, 6) is -0.202. The molecule has 0 unspecified atom stereocenters. The van der Waals surface area contributed by atoms with E-state index in [1.165, 1.54) is 12.1 Å². The highest BCUT2D eigenvalue weighted by molar-refractivity contribution is 7.91. The lowest BCUT2D eigenvalue weighted by Crippen LogP contribution is -2.30. The topological polar surface area (TPSA) is 98.1 Å². The molecule has 1 aromatic heterocycles. The standard InChI is InChI=1S/C23H25N3O4S/c1-15(2)18-8-10-19(11-9-18)31(29,30)22-12-13-23(28)26(25-22)14-21(27)24-20-7-5-6-16(3)17(20)4/h5-13,15H,14H2,1-4H3,(H,24,27). The highest BCUT2D eigenvalue weighted by Gasteiger charge is 2.21. The number of aryl methyl sites for hydroxylation is 1. The lowest BCUT2D eigenvalue weighted by Gasteiger charge is -2.12. The highest BCUT2D eigenvalue weighted by Crippen LogP contribution is 2.22. The molecule has 3 rings (SSSR count). The highest BCUT2D eigenvalue weighted by atomic mass is 32.2. The van der Waals surface area contributed by atoms with E-state index in [-0.39, 0.29) is 15.8 Å². The molecule has 0 aliphatic rings. The number of aromatic nitrogens is 2. The average molecular weight is 440 g/mol. The minimum absolute atomic E-state index is 0.0782. The van der Waals surface area contributed by atoms with Crippen LogP contribution >= 0.6 is 0 Å². The van der Waals surface area contributed by atoms with Gasteiger partial charge in [0, 0.05) is 11.8 Å². The lowest BCUT2D eigenvalue weighted by atomic mass is 10.0. The molecule has 8 heteroatoms. The van der Waals surface area contributed by atoms with Gasteiger partial charge in [0.25, 0.3) is 5.56 Å². The molecule has 0 atom stereocenters. The van der Waals surface area contributed by atoms with Crippen molar-refractivity contribution >= 4 is 21.4 Å². The molecule has 0 saturated carbocycles. The quantitative estimate of drug-likeness (QED) is 0.634. The van der Waals surface area contributed by atoms with Gasteiger partial charge in [0.2, 0.25) is 15.7 Å². The first-order valence-electron chi connectivity index (χ1n) is 9.89. The molecule has 0 radical (unpaired) electrons. The fourth-order valence-corrected chi connectivity index (χ4v) is 4.24. The zero-order valence-corrected chi connectivity index (χ0v) is 18.7. The number of hydrogen-bond donors (Lipinski definition) is 1. The largest absolute Gasteiger partial charge is 0.324 e. The minimum Gasteiger partial charge on any atom is -0.324 e. The summed E-state index contributed by atoms with van der Waals surface area (Å²) in [6.07, 6.45) is 0. The molecule has 7 nitrogen and oxygen atoms in total. The van der Waals surface area contributed by atoms with E-state index in [4.69, 9.17) is 0 Å². The van der Waals surface area contributed by atoms with Gasteiger partial charge in [-0.05, 0) is 60.7 Å². The Morgan fingerprint density at radius 3 is 2.35 bits per heavy atom. The van der Waals surface area contributed by atoms with E-state index in [1.54, 1.807) is 18.2 Å². The van der Waals surface area contributed by atoms with Crippen LogP contribution in [0.1, 0.15) is 36.5 Å². The molecule has 1 N–H and O–H groups in total. The van der Waals surface area contributed by atoms with Crippen LogP contribution in [0.3, 0.4) is 0 Å². The number of nitrogens with zero attached hydrogens (tertiary/aromatic N) is 2. The van der Waals surface area contributed by atoms with Crippen LogP contribution in [0.25, 0.3) is 0 Å². The van der Waals surface area contributed by atoms with E-state index < -0.39 is 27.8 Å². The monoisotopic (exact) mass is 439 g/mol. The normalized spacial score (nSPS) is 11.5. The summed E-state index contributed by atoms with van der Waals surface area (Å²) < 4.78 is 26.8. The molecule has 2 aromatic carbocycles. The van der Waals surface area contributed by atoms with Gasteiger partial charge < -0.3 is 5.32 Å². The zero-order valence-electron chi connectivity index (χ0n) is 17.9. The van der Waals surface area contributed by atoms with Gasteiger partial charge in [0.05, 0.1) is 4.90 Å². The van der Waals surface area contributed by atoms with Gasteiger partial charge in [-0.15, -0.1) is 0 Å². The van der Waals surface area contributed by atoms with Gasteiger partial charge in [-0.3, -0.25) is 9.59 Å². The molecule has 3 aromatic rings. The second-order valence-corrected chi connectivity index (χ2v) is 9.59. The van der Waals surface area contributed by atoms with Crippen molar-refractivity contribution in [3.8, 4) is 0 Å². The third-order valence-electron chi connectivity index (χ3n) is 5.15. The number of rotatable bonds is 6. The number of benzene rings is 2. The second-order valence-electron chi connectivity index (χ2n) is 7.69. The molecule has 0 aliphatic carbocycles. The Morgan fingerprint density at radius 1 is 1.03 bits per heavy atom. The van der Waals surface area contributed by atoms with E-state index in [0.717, 1.165) is 33.5 Å². The van der Waals surface area contributed by atoms with Crippen molar-refractivity contribution in [2.45, 2.75) is 50.1 Å². The Bertz CT molecular complexity index is 1280. The Labute approximate surface area is 181 Å². The predicted molar refractivity (Wildman–Crippen MR) is 119 cm³/mol. The molecular formula is C23H25N3O4S. The minimum atomic E-state index is -3.93. The van der Waals surface area contributed by atoms with E-state index >= 15 is 0 Å². The fraction of sp³-hybridized carbons (Fsp3) is 0.261. The predicted octanol–water partition coefficient (Wildman–Crippen LogP) is 3.46. The van der Waals surface area contributed by atoms with Crippen LogP contribution in [0, 0.1) is 13.8 Å². The summed E-state index contributed by atoms with van der Waals surface area (Å²) in [5, 5.41) is 6.41. The van der Waals surface area contributed by atoms with Crippen LogP contribution in [0.15, 0.2) is 69.3 Å². The van der Waals surface area contributed by atoms with Crippen molar-refractivity contribution in [1.29, 1.82) is 0 Å². The van der Waals surface area contributed by atoms with Crippen LogP contribution < -0.4 is 10.9 Å². The van der Waals surface area contributed by atoms with Gasteiger partial charge in [-0.1, -0.05) is 38.1 Å². The van der Waals surface area contributed by atoms with Crippen LogP contribution in [-0.4, -0.2) is 24.1 Å². The van der Waals surface area contributed by atoms with Crippen molar-refractivity contribution in [2.75, 3.05) is 5.32 Å². The summed E-state index contributed by atoms with van der Waals surface area (Å²) in [6.45, 7) is 7.45. The Morgan fingerprint density at radius 2 is 1.71 bits per heavy atom. The van der Waals surface area contributed by atoms with Gasteiger partial charge in [0.1, 0.15) is 6.54 Å². The first-order valence-corrected chi connectivity index (χ1v) is 11.4. The molecule has 0 aliphatic heterocycles. The molecule has 31 heavy (non-hydrogen) atoms. The molecule has 0 fully saturated rings. The Balaban J connectivity index is 1.86. The van der Waals surface area contributed by atoms with Crippen molar-refractivity contribution in [2.24, 2.45) is 0 Å². The number of nitrogens with one attached hydrogen (secondary N) is 1. The van der Waals surface area contributed by atoms with E-state index in [9.17, 15) is 18.0 Å². The average Bonchev–Trinajstić information content (AvgIpc) is 2.73. The molecule has 162 valence electrons. The maximum absolute atomic E-state index is 13.0. The molecule has 0 spiro atoms. The number of anilines is 1. The maximum Gasteiger partial charge on any atom is 0.267 e. The van der Waals surface area contributed by atoms with Crippen molar-refractivity contribution in [3.05, 3.63) is 81.6 Å². The van der Waals surface area contributed by atoms with Crippen LogP contribution in [-0.2, 0) is 21.2 Å². The Hall–Kier alpha value is -3.26. The van der Waals surface area contributed by atoms with Crippen LogP contribution in [0.2, 0.25) is 0 Å². The van der Waals surface area contributed by atoms with Crippen LogP contribution in [0.5, 0.6) is 0 Å². The number of carbonyl (C=O) groups excluding carboxylic acids is 1. The van der Waals surface area contributed by atoms with Crippen molar-refractivity contribution < 1.29 is 13.2 Å². The Kier molecular flexibility index (Phi) is 6.40. The number of sulfone groups is 1. The summed E-state index contributed by atoms with van der Waals surface area (Å²) in [5.41, 5.74) is 3.01. The second kappa shape index (κ2) is 8.85. The first kappa shape index (κ1) is 22.4. The zero-order chi connectivity index (χ0) is 22.8. The fourth-order valence-electron chi connectivity index (χ4n) is 3.05. The summed E-state index contributed by atoms with van der Waals surface area (Å²) in [4.78, 5) is 24.7. The number of hydrogen-bond acceptors (Lipinski definition) is 5. The molecule has 0 saturated heterocycles. The molecule has 0 bridgehead atoms. The molecule has 1 amide bonds. The van der Waals surface area contributed by atoms with Gasteiger partial charge >= 0.3 is 0 Å². The SMILES string of the molecule is Cc1cccc(NC(=O)Cn2nc(S(=O)(=O)c3ccc(C(C)C)cc3)ccc2=O)c1C. The smallest absolute Gasteiger partial charge is 0.267 e. The van der Waals surface area contributed by atoms with E-state index in [1.807, 2.05) is 39.8 Å². The van der Waals surface area contributed by atoms with Gasteiger partial charge in [0.15, 0.2) is 5.03 Å². The molecular weight excluding hydrogens is 414 g/mol. The molecule has 1 heterocycles. The summed E-state index contributed by atoms with van der Waals surface area (Å²) in [7, 11) is -3.93. The first-order chi connectivity index (χ1) is 14.6. The summed E-state index contributed by atoms with van der Waals surface area (Å²) in [6, 6.07) is 14.3. The third-order valence-corrected chi connectivity index (χ3v) is 6.81.